The van der Waals surface area contributed by atoms with E-state index in [1.54, 1.807) is 6.07 Å². The highest BCUT2D eigenvalue weighted by Gasteiger charge is 2.20. The van der Waals surface area contributed by atoms with E-state index in [0.29, 0.717) is 4.47 Å². The van der Waals surface area contributed by atoms with Gasteiger partial charge in [0.25, 0.3) is 11.6 Å². The molecule has 0 heterocycles. The molecule has 0 saturated carbocycles. The Bertz CT molecular complexity index is 801. The van der Waals surface area contributed by atoms with Crippen LogP contribution in [0.1, 0.15) is 10.4 Å². The Labute approximate surface area is 144 Å². The van der Waals surface area contributed by atoms with Crippen molar-refractivity contribution < 1.29 is 14.1 Å². The largest absolute Gasteiger partial charge is 0.330 e. The van der Waals surface area contributed by atoms with Crippen LogP contribution < -0.4 is 10.6 Å². The lowest BCUT2D eigenvalue weighted by Gasteiger charge is -2.10. The van der Waals surface area contributed by atoms with Crippen molar-refractivity contribution >= 4 is 50.5 Å². The molecule has 0 radical (unpaired) electrons. The molecule has 0 fully saturated rings. The first-order valence-electron chi connectivity index (χ1n) is 6.19. The number of para-hydroxylation sites is 1. The molecular formula is C14H9BrFN3O3S. The number of anilines is 1. The molecule has 0 aliphatic carbocycles. The van der Waals surface area contributed by atoms with E-state index >= 15 is 0 Å². The summed E-state index contributed by atoms with van der Waals surface area (Å²) in [7, 11) is 0. The van der Waals surface area contributed by atoms with Crippen molar-refractivity contribution in [3.63, 3.8) is 0 Å². The summed E-state index contributed by atoms with van der Waals surface area (Å²) in [5, 5.41) is 15.5. The molecule has 23 heavy (non-hydrogen) atoms. The number of carbonyl (C=O) groups is 1. The van der Waals surface area contributed by atoms with Gasteiger partial charge < -0.3 is 5.32 Å². The number of benzene rings is 2. The molecule has 118 valence electrons. The minimum atomic E-state index is -0.757. The Hall–Kier alpha value is -2.39. The maximum absolute atomic E-state index is 13.7. The SMILES string of the molecule is O=C(NC(=S)Nc1ccc(Br)cc1F)c1ccccc1[N+](=O)[O-]. The number of halogens is 2. The maximum atomic E-state index is 13.7. The van der Waals surface area contributed by atoms with Gasteiger partial charge in [-0.15, -0.1) is 0 Å². The highest BCUT2D eigenvalue weighted by molar-refractivity contribution is 9.10. The third-order valence-corrected chi connectivity index (χ3v) is 3.45. The second kappa shape index (κ2) is 7.25. The summed E-state index contributed by atoms with van der Waals surface area (Å²) in [4.78, 5) is 22.3. The van der Waals surface area contributed by atoms with E-state index < -0.39 is 16.6 Å². The number of nitrogens with zero attached hydrogens (tertiary/aromatic N) is 1. The standard InChI is InChI=1S/C14H9BrFN3O3S/c15-8-5-6-11(10(16)7-8)17-14(23)18-13(20)9-3-1-2-4-12(9)19(21)22/h1-7H,(H2,17,18,20,23). The third-order valence-electron chi connectivity index (χ3n) is 2.75. The molecule has 0 aromatic heterocycles. The molecule has 0 spiro atoms. The maximum Gasteiger partial charge on any atom is 0.282 e. The van der Waals surface area contributed by atoms with Crippen LogP contribution in [0.3, 0.4) is 0 Å². The van der Waals surface area contributed by atoms with Gasteiger partial charge in [-0.2, -0.15) is 0 Å². The topological polar surface area (TPSA) is 84.3 Å². The summed E-state index contributed by atoms with van der Waals surface area (Å²) in [5.74, 6) is -1.33. The van der Waals surface area contributed by atoms with Gasteiger partial charge in [-0.05, 0) is 36.5 Å². The van der Waals surface area contributed by atoms with Crippen LogP contribution >= 0.6 is 28.1 Å². The summed E-state index contributed by atoms with van der Waals surface area (Å²) in [6.45, 7) is 0. The number of nitro benzene ring substituents is 1. The van der Waals surface area contributed by atoms with E-state index in [4.69, 9.17) is 12.2 Å². The second-order valence-electron chi connectivity index (χ2n) is 4.31. The molecule has 0 aliphatic rings. The van der Waals surface area contributed by atoms with Crippen molar-refractivity contribution in [1.82, 2.24) is 5.32 Å². The van der Waals surface area contributed by atoms with E-state index in [-0.39, 0.29) is 22.1 Å². The van der Waals surface area contributed by atoms with E-state index in [2.05, 4.69) is 26.6 Å². The fraction of sp³-hybridized carbons (Fsp3) is 0. The lowest BCUT2D eigenvalue weighted by Crippen LogP contribution is -2.34. The van der Waals surface area contributed by atoms with Crippen molar-refractivity contribution in [3.05, 3.63) is 68.4 Å². The van der Waals surface area contributed by atoms with Crippen LogP contribution in [0.15, 0.2) is 46.9 Å². The quantitative estimate of drug-likeness (QED) is 0.469. The predicted octanol–water partition coefficient (Wildman–Crippen LogP) is 3.62. The summed E-state index contributed by atoms with van der Waals surface area (Å²) in [5.41, 5.74) is -0.415. The van der Waals surface area contributed by atoms with Gasteiger partial charge in [-0.1, -0.05) is 28.1 Å². The van der Waals surface area contributed by atoms with Gasteiger partial charge in [0, 0.05) is 10.5 Å². The molecule has 0 saturated heterocycles. The average Bonchev–Trinajstić information content (AvgIpc) is 2.50. The zero-order valence-electron chi connectivity index (χ0n) is 11.4. The summed E-state index contributed by atoms with van der Waals surface area (Å²) >= 11 is 8.04. The molecule has 2 rings (SSSR count). The van der Waals surface area contributed by atoms with E-state index in [9.17, 15) is 19.3 Å². The summed E-state index contributed by atoms with van der Waals surface area (Å²) in [6, 6.07) is 9.71. The molecule has 9 heteroatoms. The minimum Gasteiger partial charge on any atom is -0.330 e. The van der Waals surface area contributed by atoms with Crippen LogP contribution in [0.5, 0.6) is 0 Å². The Morgan fingerprint density at radius 1 is 1.26 bits per heavy atom. The van der Waals surface area contributed by atoms with Gasteiger partial charge in [0.1, 0.15) is 11.4 Å². The van der Waals surface area contributed by atoms with Crippen LogP contribution in [0.2, 0.25) is 0 Å². The molecule has 0 unspecified atom stereocenters. The van der Waals surface area contributed by atoms with Crippen molar-refractivity contribution in [2.24, 2.45) is 0 Å². The highest BCUT2D eigenvalue weighted by atomic mass is 79.9. The third kappa shape index (κ3) is 4.30. The Morgan fingerprint density at radius 3 is 2.61 bits per heavy atom. The fourth-order valence-corrected chi connectivity index (χ4v) is 2.28. The van der Waals surface area contributed by atoms with E-state index in [1.165, 1.54) is 36.4 Å². The van der Waals surface area contributed by atoms with Crippen LogP contribution in [0, 0.1) is 15.9 Å². The molecule has 2 aromatic rings. The lowest BCUT2D eigenvalue weighted by atomic mass is 10.1. The van der Waals surface area contributed by atoms with Crippen LogP contribution in [0.4, 0.5) is 15.8 Å². The molecule has 0 aliphatic heterocycles. The van der Waals surface area contributed by atoms with Crippen molar-refractivity contribution in [2.45, 2.75) is 0 Å². The van der Waals surface area contributed by atoms with E-state index in [1.807, 2.05) is 0 Å². The molecule has 1 amide bonds. The van der Waals surface area contributed by atoms with Crippen LogP contribution in [0.25, 0.3) is 0 Å². The molecular weight excluding hydrogens is 389 g/mol. The van der Waals surface area contributed by atoms with Crippen molar-refractivity contribution in [3.8, 4) is 0 Å². The number of nitrogens with one attached hydrogen (secondary N) is 2. The first-order valence-corrected chi connectivity index (χ1v) is 7.39. The number of nitro groups is 1. The second-order valence-corrected chi connectivity index (χ2v) is 5.63. The van der Waals surface area contributed by atoms with Crippen LogP contribution in [-0.4, -0.2) is 15.9 Å². The zero-order valence-corrected chi connectivity index (χ0v) is 13.8. The Morgan fingerprint density at radius 2 is 1.96 bits per heavy atom. The average molecular weight is 398 g/mol. The highest BCUT2D eigenvalue weighted by Crippen LogP contribution is 2.20. The molecule has 0 bridgehead atoms. The Kier molecular flexibility index (Phi) is 5.35. The van der Waals surface area contributed by atoms with Gasteiger partial charge in [0.15, 0.2) is 5.11 Å². The molecule has 6 nitrogen and oxygen atoms in total. The number of amides is 1. The monoisotopic (exact) mass is 397 g/mol. The number of thiocarbonyl (C=S) groups is 1. The van der Waals surface area contributed by atoms with Gasteiger partial charge in [0.05, 0.1) is 10.6 Å². The van der Waals surface area contributed by atoms with Gasteiger partial charge in [-0.25, -0.2) is 4.39 Å². The molecule has 2 N–H and O–H groups in total. The Balaban J connectivity index is 2.11. The fourth-order valence-electron chi connectivity index (χ4n) is 1.74. The number of rotatable bonds is 3. The number of hydrogen-bond donors (Lipinski definition) is 2. The predicted molar refractivity (Wildman–Crippen MR) is 90.9 cm³/mol. The van der Waals surface area contributed by atoms with E-state index in [0.717, 1.165) is 0 Å². The first kappa shape index (κ1) is 17.0. The summed E-state index contributed by atoms with van der Waals surface area (Å²) < 4.78 is 14.2. The van der Waals surface area contributed by atoms with Gasteiger partial charge in [-0.3, -0.25) is 20.2 Å². The van der Waals surface area contributed by atoms with Crippen molar-refractivity contribution in [1.29, 1.82) is 0 Å². The minimum absolute atomic E-state index is 0.0704. The van der Waals surface area contributed by atoms with Gasteiger partial charge >= 0.3 is 0 Å². The number of hydrogen-bond acceptors (Lipinski definition) is 4. The normalized spacial score (nSPS) is 10.0. The molecule has 2 aromatic carbocycles. The first-order chi connectivity index (χ1) is 10.9. The van der Waals surface area contributed by atoms with Crippen molar-refractivity contribution in [2.75, 3.05) is 5.32 Å². The van der Waals surface area contributed by atoms with Crippen LogP contribution in [-0.2, 0) is 0 Å². The smallest absolute Gasteiger partial charge is 0.282 e. The molecule has 0 atom stereocenters. The van der Waals surface area contributed by atoms with Gasteiger partial charge in [0.2, 0.25) is 0 Å². The number of carbonyl (C=O) groups excluding carboxylic acids is 1. The zero-order chi connectivity index (χ0) is 17.0. The summed E-state index contributed by atoms with van der Waals surface area (Å²) in [6.07, 6.45) is 0. The lowest BCUT2D eigenvalue weighted by molar-refractivity contribution is -0.385.